The lowest BCUT2D eigenvalue weighted by Gasteiger charge is -2.07. The number of ether oxygens (including phenoxy) is 2. The second-order valence-electron chi connectivity index (χ2n) is 5.36. The molecule has 134 valence electrons. The molecule has 0 aliphatic heterocycles. The van der Waals surface area contributed by atoms with Crippen LogP contribution in [0.3, 0.4) is 0 Å². The van der Waals surface area contributed by atoms with E-state index in [4.69, 9.17) is 21.1 Å². The van der Waals surface area contributed by atoms with E-state index in [0.717, 1.165) is 11.4 Å². The molecule has 0 saturated carbocycles. The van der Waals surface area contributed by atoms with Gasteiger partial charge in [0.25, 0.3) is 11.8 Å². The number of nitrogens with zero attached hydrogens (tertiary/aromatic N) is 2. The first-order valence-corrected chi connectivity index (χ1v) is 8.49. The first kappa shape index (κ1) is 17.8. The van der Waals surface area contributed by atoms with E-state index in [9.17, 15) is 4.79 Å². The largest absolute Gasteiger partial charge is 0.494 e. The fourth-order valence-electron chi connectivity index (χ4n) is 2.28. The van der Waals surface area contributed by atoms with Gasteiger partial charge in [0.05, 0.1) is 18.5 Å². The van der Waals surface area contributed by atoms with Gasteiger partial charge in [-0.15, -0.1) is 5.10 Å². The minimum atomic E-state index is -0.306. The van der Waals surface area contributed by atoms with Gasteiger partial charge in [-0.2, -0.15) is 0 Å². The number of carbonyl (C=O) groups is 1. The minimum absolute atomic E-state index is 0.196. The molecule has 0 unspecified atom stereocenters. The smallest absolute Gasteiger partial charge is 0.262 e. The molecule has 1 heterocycles. The Morgan fingerprint density at radius 1 is 1.12 bits per heavy atom. The van der Waals surface area contributed by atoms with Gasteiger partial charge in [0.15, 0.2) is 6.61 Å². The minimum Gasteiger partial charge on any atom is -0.494 e. The first-order chi connectivity index (χ1) is 12.7. The van der Waals surface area contributed by atoms with E-state index in [2.05, 4.69) is 10.4 Å². The zero-order valence-corrected chi connectivity index (χ0v) is 14.9. The van der Waals surface area contributed by atoms with Crippen LogP contribution >= 0.6 is 11.6 Å². The molecule has 0 radical (unpaired) electrons. The molecule has 0 aliphatic rings. The summed E-state index contributed by atoms with van der Waals surface area (Å²) in [6, 6.07) is 16.6. The molecular formula is C19H18ClN3O3. The van der Waals surface area contributed by atoms with Crippen molar-refractivity contribution in [1.29, 1.82) is 0 Å². The highest BCUT2D eigenvalue weighted by atomic mass is 35.5. The number of rotatable bonds is 7. The molecule has 0 fully saturated rings. The zero-order valence-electron chi connectivity index (χ0n) is 14.2. The standard InChI is InChI=1S/C19H18ClN3O3/c1-2-25-16-10-8-14(9-11-16)21-18(24)13-26-19-17(20)12-23(22-19)15-6-4-3-5-7-15/h3-12H,2,13H2,1H3,(H,21,24). The van der Waals surface area contributed by atoms with Gasteiger partial charge in [0, 0.05) is 5.69 Å². The van der Waals surface area contributed by atoms with Crippen molar-refractivity contribution in [2.45, 2.75) is 6.92 Å². The number of para-hydroxylation sites is 1. The topological polar surface area (TPSA) is 65.4 Å². The molecule has 2 aromatic carbocycles. The Morgan fingerprint density at radius 2 is 1.85 bits per heavy atom. The van der Waals surface area contributed by atoms with E-state index in [0.29, 0.717) is 17.3 Å². The molecule has 1 amide bonds. The van der Waals surface area contributed by atoms with Crippen LogP contribution in [-0.2, 0) is 4.79 Å². The highest BCUT2D eigenvalue weighted by molar-refractivity contribution is 6.31. The number of anilines is 1. The second kappa shape index (κ2) is 8.40. The van der Waals surface area contributed by atoms with Crippen molar-refractivity contribution in [3.8, 4) is 17.3 Å². The van der Waals surface area contributed by atoms with E-state index in [1.807, 2.05) is 37.3 Å². The predicted molar refractivity (Wildman–Crippen MR) is 100 cm³/mol. The average Bonchev–Trinajstić information content (AvgIpc) is 3.03. The highest BCUT2D eigenvalue weighted by Crippen LogP contribution is 2.24. The second-order valence-corrected chi connectivity index (χ2v) is 5.76. The summed E-state index contributed by atoms with van der Waals surface area (Å²) < 4.78 is 12.4. The maximum Gasteiger partial charge on any atom is 0.262 e. The molecule has 3 rings (SSSR count). The van der Waals surface area contributed by atoms with Crippen molar-refractivity contribution in [2.75, 3.05) is 18.5 Å². The molecule has 0 bridgehead atoms. The van der Waals surface area contributed by atoms with Crippen LogP contribution < -0.4 is 14.8 Å². The van der Waals surface area contributed by atoms with E-state index in [-0.39, 0.29) is 18.4 Å². The van der Waals surface area contributed by atoms with E-state index in [1.54, 1.807) is 35.1 Å². The summed E-state index contributed by atoms with van der Waals surface area (Å²) in [6.07, 6.45) is 1.64. The molecule has 6 nitrogen and oxygen atoms in total. The molecule has 1 aromatic heterocycles. The number of benzene rings is 2. The summed E-state index contributed by atoms with van der Waals surface area (Å²) in [7, 11) is 0. The van der Waals surface area contributed by atoms with Gasteiger partial charge in [0.1, 0.15) is 10.8 Å². The maximum atomic E-state index is 12.0. The lowest BCUT2D eigenvalue weighted by molar-refractivity contribution is -0.118. The summed E-state index contributed by atoms with van der Waals surface area (Å²) in [5, 5.41) is 7.34. The SMILES string of the molecule is CCOc1ccc(NC(=O)COc2nn(-c3ccccc3)cc2Cl)cc1. The Morgan fingerprint density at radius 3 is 2.54 bits per heavy atom. The maximum absolute atomic E-state index is 12.0. The third kappa shape index (κ3) is 4.55. The number of aromatic nitrogens is 2. The summed E-state index contributed by atoms with van der Waals surface area (Å²) >= 11 is 6.13. The number of halogens is 1. The van der Waals surface area contributed by atoms with Crippen molar-refractivity contribution < 1.29 is 14.3 Å². The quantitative estimate of drug-likeness (QED) is 0.683. The first-order valence-electron chi connectivity index (χ1n) is 8.12. The third-order valence-corrected chi connectivity index (χ3v) is 3.71. The molecule has 0 spiro atoms. The van der Waals surface area contributed by atoms with Crippen LogP contribution in [0.1, 0.15) is 6.92 Å². The van der Waals surface area contributed by atoms with Crippen molar-refractivity contribution in [1.82, 2.24) is 9.78 Å². The Bertz CT molecular complexity index is 863. The van der Waals surface area contributed by atoms with Crippen LogP contribution in [0.2, 0.25) is 5.02 Å². The normalized spacial score (nSPS) is 10.4. The van der Waals surface area contributed by atoms with Gasteiger partial charge in [0.2, 0.25) is 0 Å². The zero-order chi connectivity index (χ0) is 18.4. The van der Waals surface area contributed by atoms with E-state index >= 15 is 0 Å². The van der Waals surface area contributed by atoms with Gasteiger partial charge in [-0.25, -0.2) is 4.68 Å². The van der Waals surface area contributed by atoms with Gasteiger partial charge >= 0.3 is 0 Å². The van der Waals surface area contributed by atoms with Crippen LogP contribution in [0.4, 0.5) is 5.69 Å². The summed E-state index contributed by atoms with van der Waals surface area (Å²) in [6.45, 7) is 2.31. The molecule has 7 heteroatoms. The van der Waals surface area contributed by atoms with Gasteiger partial charge in [-0.05, 0) is 43.3 Å². The number of hydrogen-bond donors (Lipinski definition) is 1. The number of amides is 1. The highest BCUT2D eigenvalue weighted by Gasteiger charge is 2.12. The van der Waals surface area contributed by atoms with Crippen LogP contribution in [0.15, 0.2) is 60.8 Å². The Labute approximate surface area is 156 Å². The van der Waals surface area contributed by atoms with E-state index < -0.39 is 0 Å². The van der Waals surface area contributed by atoms with Gasteiger partial charge in [-0.3, -0.25) is 4.79 Å². The Kier molecular flexibility index (Phi) is 5.76. The number of nitrogens with one attached hydrogen (secondary N) is 1. The molecular weight excluding hydrogens is 354 g/mol. The molecule has 3 aromatic rings. The number of carbonyl (C=O) groups excluding carboxylic acids is 1. The van der Waals surface area contributed by atoms with Gasteiger partial charge in [-0.1, -0.05) is 29.8 Å². The van der Waals surface area contributed by atoms with Crippen molar-refractivity contribution in [3.63, 3.8) is 0 Å². The molecule has 0 saturated heterocycles. The van der Waals surface area contributed by atoms with Gasteiger partial charge < -0.3 is 14.8 Å². The fraction of sp³-hybridized carbons (Fsp3) is 0.158. The summed E-state index contributed by atoms with van der Waals surface area (Å²) in [4.78, 5) is 12.0. The average molecular weight is 372 g/mol. The van der Waals surface area contributed by atoms with Crippen molar-refractivity contribution in [2.24, 2.45) is 0 Å². The summed E-state index contributed by atoms with van der Waals surface area (Å²) in [5.74, 6) is 0.650. The lowest BCUT2D eigenvalue weighted by Crippen LogP contribution is -2.20. The number of hydrogen-bond acceptors (Lipinski definition) is 4. The fourth-order valence-corrected chi connectivity index (χ4v) is 2.46. The Balaban J connectivity index is 1.57. The molecule has 0 aliphatic carbocycles. The molecule has 0 atom stereocenters. The van der Waals surface area contributed by atoms with E-state index in [1.165, 1.54) is 0 Å². The Hall–Kier alpha value is -2.99. The molecule has 26 heavy (non-hydrogen) atoms. The predicted octanol–water partition coefficient (Wildman–Crippen LogP) is 3.94. The van der Waals surface area contributed by atoms with Crippen molar-refractivity contribution >= 4 is 23.2 Å². The lowest BCUT2D eigenvalue weighted by atomic mass is 10.3. The molecule has 1 N–H and O–H groups in total. The monoisotopic (exact) mass is 371 g/mol. The summed E-state index contributed by atoms with van der Waals surface area (Å²) in [5.41, 5.74) is 1.51. The third-order valence-electron chi connectivity index (χ3n) is 3.45. The van der Waals surface area contributed by atoms with Crippen LogP contribution in [0, 0.1) is 0 Å². The van der Waals surface area contributed by atoms with Crippen LogP contribution in [-0.4, -0.2) is 28.9 Å². The van der Waals surface area contributed by atoms with Crippen LogP contribution in [0.5, 0.6) is 11.6 Å². The van der Waals surface area contributed by atoms with Crippen molar-refractivity contribution in [3.05, 3.63) is 65.8 Å². The van der Waals surface area contributed by atoms with Crippen LogP contribution in [0.25, 0.3) is 5.69 Å².